The van der Waals surface area contributed by atoms with Crippen molar-refractivity contribution in [1.29, 1.82) is 0 Å². The van der Waals surface area contributed by atoms with Gasteiger partial charge in [0.25, 0.3) is 0 Å². The van der Waals surface area contributed by atoms with E-state index in [9.17, 15) is 4.79 Å². The van der Waals surface area contributed by atoms with Gasteiger partial charge in [0, 0.05) is 5.69 Å². The van der Waals surface area contributed by atoms with Crippen molar-refractivity contribution in [2.75, 3.05) is 17.2 Å². The summed E-state index contributed by atoms with van der Waals surface area (Å²) in [6.07, 6.45) is 2.47. The first kappa shape index (κ1) is 19.3. The van der Waals surface area contributed by atoms with Crippen LogP contribution in [0.1, 0.15) is 35.3 Å². The summed E-state index contributed by atoms with van der Waals surface area (Å²) in [7, 11) is 0. The van der Waals surface area contributed by atoms with E-state index >= 15 is 0 Å². The van der Waals surface area contributed by atoms with Crippen LogP contribution in [0.15, 0.2) is 48.7 Å². The molecule has 28 heavy (non-hydrogen) atoms. The van der Waals surface area contributed by atoms with E-state index in [2.05, 4.69) is 38.8 Å². The Morgan fingerprint density at radius 1 is 1.07 bits per heavy atom. The van der Waals surface area contributed by atoms with E-state index in [-0.39, 0.29) is 5.95 Å². The quantitative estimate of drug-likeness (QED) is 0.590. The Hall–Kier alpha value is -3.48. The monoisotopic (exact) mass is 377 g/mol. The molecule has 0 saturated carbocycles. The molecule has 0 unspecified atom stereocenters. The molecule has 0 atom stereocenters. The first-order chi connectivity index (χ1) is 13.6. The molecule has 2 aromatic carbocycles. The predicted octanol–water partition coefficient (Wildman–Crippen LogP) is 4.41. The number of anilines is 4. The van der Waals surface area contributed by atoms with Gasteiger partial charge < -0.3 is 15.4 Å². The summed E-state index contributed by atoms with van der Waals surface area (Å²) in [6, 6.07) is 13.2. The highest BCUT2D eigenvalue weighted by atomic mass is 16.5. The molecule has 0 aliphatic carbocycles. The van der Waals surface area contributed by atoms with Crippen molar-refractivity contribution < 1.29 is 9.53 Å². The van der Waals surface area contributed by atoms with Gasteiger partial charge in [-0.25, -0.2) is 4.79 Å². The topological polar surface area (TPSA) is 89.0 Å². The summed E-state index contributed by atoms with van der Waals surface area (Å²) in [4.78, 5) is 16.6. The van der Waals surface area contributed by atoms with Gasteiger partial charge in [-0.05, 0) is 43.5 Å². The standard InChI is InChI=1S/C21H23N5O2/c1-4-15-10-8-9-14(3)19(15)24-18-13-22-26-21(25-18)23-17-12-7-6-11-16(17)20(27)28-5-2/h6-13H,4-5H2,1-3H3,(H2,23,24,25,26). The van der Waals surface area contributed by atoms with Crippen LogP contribution in [0.25, 0.3) is 0 Å². The SMILES string of the molecule is CCOC(=O)c1ccccc1Nc1nncc(Nc2c(C)cccc2CC)n1. The first-order valence-corrected chi connectivity index (χ1v) is 9.20. The number of ether oxygens (including phenoxy) is 1. The smallest absolute Gasteiger partial charge is 0.340 e. The minimum Gasteiger partial charge on any atom is -0.462 e. The number of carbonyl (C=O) groups excluding carboxylic acids is 1. The number of carbonyl (C=O) groups is 1. The van der Waals surface area contributed by atoms with Gasteiger partial charge in [-0.3, -0.25) is 0 Å². The van der Waals surface area contributed by atoms with Gasteiger partial charge in [-0.1, -0.05) is 37.3 Å². The normalized spacial score (nSPS) is 10.4. The molecule has 0 fully saturated rings. The van der Waals surface area contributed by atoms with Gasteiger partial charge in [0.05, 0.1) is 24.1 Å². The van der Waals surface area contributed by atoms with E-state index in [0.29, 0.717) is 23.7 Å². The molecule has 0 radical (unpaired) electrons. The fraction of sp³-hybridized carbons (Fsp3) is 0.238. The zero-order valence-corrected chi connectivity index (χ0v) is 16.2. The third-order valence-electron chi connectivity index (χ3n) is 4.22. The number of nitrogens with one attached hydrogen (secondary N) is 2. The maximum absolute atomic E-state index is 12.1. The molecular formula is C21H23N5O2. The average Bonchev–Trinajstić information content (AvgIpc) is 2.70. The molecule has 3 aromatic rings. The van der Waals surface area contributed by atoms with E-state index < -0.39 is 5.97 Å². The van der Waals surface area contributed by atoms with Crippen molar-refractivity contribution in [2.45, 2.75) is 27.2 Å². The largest absolute Gasteiger partial charge is 0.462 e. The molecule has 0 spiro atoms. The predicted molar refractivity (Wildman–Crippen MR) is 109 cm³/mol. The van der Waals surface area contributed by atoms with E-state index in [4.69, 9.17) is 4.74 Å². The molecule has 0 aliphatic heterocycles. The van der Waals surface area contributed by atoms with Crippen molar-refractivity contribution in [2.24, 2.45) is 0 Å². The van der Waals surface area contributed by atoms with Crippen LogP contribution >= 0.6 is 0 Å². The number of para-hydroxylation sites is 2. The number of rotatable bonds is 7. The number of nitrogens with zero attached hydrogens (tertiary/aromatic N) is 3. The second-order valence-corrected chi connectivity index (χ2v) is 6.14. The van der Waals surface area contributed by atoms with Crippen molar-refractivity contribution in [1.82, 2.24) is 15.2 Å². The Kier molecular flexibility index (Phi) is 6.16. The lowest BCUT2D eigenvalue weighted by atomic mass is 10.1. The van der Waals surface area contributed by atoms with Crippen molar-refractivity contribution in [3.8, 4) is 0 Å². The number of esters is 1. The molecule has 3 rings (SSSR count). The van der Waals surface area contributed by atoms with Gasteiger partial charge in [0.2, 0.25) is 5.95 Å². The third kappa shape index (κ3) is 4.43. The fourth-order valence-corrected chi connectivity index (χ4v) is 2.85. The lowest BCUT2D eigenvalue weighted by Crippen LogP contribution is -2.09. The van der Waals surface area contributed by atoms with Crippen LogP contribution in [0.2, 0.25) is 0 Å². The Morgan fingerprint density at radius 3 is 2.68 bits per heavy atom. The molecule has 0 bridgehead atoms. The van der Waals surface area contributed by atoms with Gasteiger partial charge in [0.1, 0.15) is 0 Å². The second kappa shape index (κ2) is 8.94. The van der Waals surface area contributed by atoms with Crippen LogP contribution in [0, 0.1) is 6.92 Å². The average molecular weight is 377 g/mol. The van der Waals surface area contributed by atoms with Crippen LogP contribution in [0.4, 0.5) is 23.1 Å². The maximum Gasteiger partial charge on any atom is 0.340 e. The number of hydrogen-bond acceptors (Lipinski definition) is 7. The van der Waals surface area contributed by atoms with E-state index in [1.807, 2.05) is 25.1 Å². The van der Waals surface area contributed by atoms with Gasteiger partial charge in [-0.2, -0.15) is 10.1 Å². The van der Waals surface area contributed by atoms with Crippen molar-refractivity contribution in [3.63, 3.8) is 0 Å². The zero-order chi connectivity index (χ0) is 19.9. The minimum absolute atomic E-state index is 0.286. The highest BCUT2D eigenvalue weighted by Gasteiger charge is 2.13. The van der Waals surface area contributed by atoms with E-state index in [1.165, 1.54) is 5.56 Å². The molecule has 1 aromatic heterocycles. The van der Waals surface area contributed by atoms with E-state index in [1.54, 1.807) is 31.3 Å². The van der Waals surface area contributed by atoms with Crippen molar-refractivity contribution in [3.05, 3.63) is 65.4 Å². The minimum atomic E-state index is -0.402. The van der Waals surface area contributed by atoms with Crippen LogP contribution in [0.3, 0.4) is 0 Å². The van der Waals surface area contributed by atoms with Gasteiger partial charge in [-0.15, -0.1) is 5.10 Å². The first-order valence-electron chi connectivity index (χ1n) is 9.20. The Bertz CT molecular complexity index is 975. The Morgan fingerprint density at radius 2 is 1.89 bits per heavy atom. The Balaban J connectivity index is 1.85. The lowest BCUT2D eigenvalue weighted by Gasteiger charge is -2.14. The van der Waals surface area contributed by atoms with E-state index in [0.717, 1.165) is 17.7 Å². The van der Waals surface area contributed by atoms with Crippen LogP contribution < -0.4 is 10.6 Å². The highest BCUT2D eigenvalue weighted by molar-refractivity contribution is 5.96. The van der Waals surface area contributed by atoms with Gasteiger partial charge in [0.15, 0.2) is 5.82 Å². The molecule has 7 nitrogen and oxygen atoms in total. The molecular weight excluding hydrogens is 354 g/mol. The molecule has 0 amide bonds. The summed E-state index contributed by atoms with van der Waals surface area (Å²) in [5.41, 5.74) is 4.31. The maximum atomic E-state index is 12.1. The lowest BCUT2D eigenvalue weighted by molar-refractivity contribution is 0.0527. The molecule has 0 saturated heterocycles. The third-order valence-corrected chi connectivity index (χ3v) is 4.22. The Labute approximate surface area is 164 Å². The van der Waals surface area contributed by atoms with Crippen LogP contribution in [-0.4, -0.2) is 27.8 Å². The molecule has 1 heterocycles. The summed E-state index contributed by atoms with van der Waals surface area (Å²) < 4.78 is 5.10. The summed E-state index contributed by atoms with van der Waals surface area (Å²) >= 11 is 0. The summed E-state index contributed by atoms with van der Waals surface area (Å²) in [6.45, 7) is 6.23. The molecule has 144 valence electrons. The number of aromatic nitrogens is 3. The number of aryl methyl sites for hydroxylation is 2. The van der Waals surface area contributed by atoms with Crippen molar-refractivity contribution >= 4 is 29.1 Å². The molecule has 7 heteroatoms. The summed E-state index contributed by atoms with van der Waals surface area (Å²) in [5.74, 6) is 0.448. The van der Waals surface area contributed by atoms with Crippen LogP contribution in [0.5, 0.6) is 0 Å². The zero-order valence-electron chi connectivity index (χ0n) is 16.2. The number of benzene rings is 2. The second-order valence-electron chi connectivity index (χ2n) is 6.14. The number of hydrogen-bond donors (Lipinski definition) is 2. The molecule has 2 N–H and O–H groups in total. The molecule has 0 aliphatic rings. The summed E-state index contributed by atoms with van der Waals surface area (Å²) in [5, 5.41) is 14.4. The van der Waals surface area contributed by atoms with Gasteiger partial charge >= 0.3 is 5.97 Å². The fourth-order valence-electron chi connectivity index (χ4n) is 2.85. The van der Waals surface area contributed by atoms with Crippen LogP contribution in [-0.2, 0) is 11.2 Å². The highest BCUT2D eigenvalue weighted by Crippen LogP contribution is 2.25.